The third kappa shape index (κ3) is 2.27. The van der Waals surface area contributed by atoms with E-state index < -0.39 is 0 Å². The van der Waals surface area contributed by atoms with Crippen LogP contribution in [0.1, 0.15) is 27.2 Å². The van der Waals surface area contributed by atoms with Crippen LogP contribution in [0.2, 0.25) is 0 Å². The van der Waals surface area contributed by atoms with Gasteiger partial charge in [0.1, 0.15) is 11.3 Å². The van der Waals surface area contributed by atoms with Crippen LogP contribution in [0.15, 0.2) is 24.4 Å². The number of benzene rings is 1. The number of esters is 1. The van der Waals surface area contributed by atoms with E-state index in [1.807, 2.05) is 39.0 Å². The highest BCUT2D eigenvalue weighted by molar-refractivity contribution is 5.92. The maximum atomic E-state index is 12.0. The molecule has 18 heavy (non-hydrogen) atoms. The molecule has 1 aromatic carbocycles. The molecule has 0 saturated carbocycles. The molecular weight excluding hydrogens is 228 g/mol. The van der Waals surface area contributed by atoms with Crippen LogP contribution in [0.4, 0.5) is 0 Å². The zero-order valence-electron chi connectivity index (χ0n) is 11.0. The molecule has 0 aliphatic rings. The van der Waals surface area contributed by atoms with E-state index in [0.29, 0.717) is 11.3 Å². The summed E-state index contributed by atoms with van der Waals surface area (Å²) < 4.78 is 7.04. The predicted molar refractivity (Wildman–Crippen MR) is 68.8 cm³/mol. The normalized spacial score (nSPS) is 10.4. The summed E-state index contributed by atoms with van der Waals surface area (Å²) in [7, 11) is 1.79. The van der Waals surface area contributed by atoms with Crippen molar-refractivity contribution in [2.45, 2.75) is 20.8 Å². The van der Waals surface area contributed by atoms with Gasteiger partial charge in [0, 0.05) is 12.7 Å². The Morgan fingerprint density at radius 2 is 2.00 bits per heavy atom. The Bertz CT molecular complexity index is 600. The zero-order chi connectivity index (χ0) is 13.3. The molecular formula is C14H16N2O2. The minimum atomic E-state index is -0.368. The first kappa shape index (κ1) is 12.4. The van der Waals surface area contributed by atoms with Crippen molar-refractivity contribution in [3.05, 3.63) is 46.8 Å². The van der Waals surface area contributed by atoms with Gasteiger partial charge in [-0.25, -0.2) is 4.79 Å². The zero-order valence-corrected chi connectivity index (χ0v) is 11.0. The van der Waals surface area contributed by atoms with Crippen molar-refractivity contribution in [1.29, 1.82) is 0 Å². The van der Waals surface area contributed by atoms with Crippen LogP contribution in [-0.4, -0.2) is 15.7 Å². The molecule has 0 unspecified atom stereocenters. The fourth-order valence-corrected chi connectivity index (χ4v) is 1.77. The fraction of sp³-hybridized carbons (Fsp3) is 0.286. The van der Waals surface area contributed by atoms with Gasteiger partial charge in [0.25, 0.3) is 0 Å². The monoisotopic (exact) mass is 244 g/mol. The van der Waals surface area contributed by atoms with Crippen LogP contribution in [0, 0.1) is 20.8 Å². The summed E-state index contributed by atoms with van der Waals surface area (Å²) in [5, 5.41) is 4.03. The summed E-state index contributed by atoms with van der Waals surface area (Å²) in [6.45, 7) is 5.77. The highest BCUT2D eigenvalue weighted by Crippen LogP contribution is 2.20. The Labute approximate surface area is 106 Å². The Morgan fingerprint density at radius 3 is 2.56 bits per heavy atom. The SMILES string of the molecule is Cc1ccc(OC(=O)c2cnn(C)c2C)c(C)c1. The van der Waals surface area contributed by atoms with E-state index in [0.717, 1.165) is 16.8 Å². The molecule has 4 nitrogen and oxygen atoms in total. The Morgan fingerprint density at radius 1 is 1.28 bits per heavy atom. The van der Waals surface area contributed by atoms with Crippen LogP contribution >= 0.6 is 0 Å². The van der Waals surface area contributed by atoms with E-state index in [1.165, 1.54) is 6.20 Å². The second kappa shape index (κ2) is 4.64. The molecule has 0 bridgehead atoms. The largest absolute Gasteiger partial charge is 0.423 e. The molecule has 2 rings (SSSR count). The number of aromatic nitrogens is 2. The highest BCUT2D eigenvalue weighted by Gasteiger charge is 2.15. The lowest BCUT2D eigenvalue weighted by Gasteiger charge is -2.07. The number of hydrogen-bond acceptors (Lipinski definition) is 3. The standard InChI is InChI=1S/C14H16N2O2/c1-9-5-6-13(10(2)7-9)18-14(17)12-8-15-16(4)11(12)3/h5-8H,1-4H3. The van der Waals surface area contributed by atoms with Crippen molar-refractivity contribution < 1.29 is 9.53 Å². The van der Waals surface area contributed by atoms with Gasteiger partial charge in [0.05, 0.1) is 6.20 Å². The van der Waals surface area contributed by atoms with Crippen LogP contribution < -0.4 is 4.74 Å². The number of rotatable bonds is 2. The topological polar surface area (TPSA) is 44.1 Å². The molecule has 0 fully saturated rings. The van der Waals surface area contributed by atoms with Crippen molar-refractivity contribution >= 4 is 5.97 Å². The molecule has 0 aliphatic carbocycles. The van der Waals surface area contributed by atoms with Crippen molar-refractivity contribution in [2.24, 2.45) is 7.05 Å². The fourth-order valence-electron chi connectivity index (χ4n) is 1.77. The van der Waals surface area contributed by atoms with Crippen LogP contribution in [0.25, 0.3) is 0 Å². The second-order valence-electron chi connectivity index (χ2n) is 4.43. The molecule has 1 heterocycles. The van der Waals surface area contributed by atoms with Gasteiger partial charge in [0.15, 0.2) is 0 Å². The van der Waals surface area contributed by atoms with Gasteiger partial charge in [-0.3, -0.25) is 4.68 Å². The summed E-state index contributed by atoms with van der Waals surface area (Å²) in [4.78, 5) is 12.0. The van der Waals surface area contributed by atoms with Gasteiger partial charge in [-0.2, -0.15) is 5.10 Å². The number of hydrogen-bond donors (Lipinski definition) is 0. The number of carbonyl (C=O) groups excluding carboxylic acids is 1. The lowest BCUT2D eigenvalue weighted by molar-refractivity contribution is 0.0732. The molecule has 0 spiro atoms. The summed E-state index contributed by atoms with van der Waals surface area (Å²) in [5.41, 5.74) is 3.39. The molecule has 94 valence electrons. The molecule has 0 N–H and O–H groups in total. The Hall–Kier alpha value is -2.10. The quantitative estimate of drug-likeness (QED) is 0.602. The average Bonchev–Trinajstić information content (AvgIpc) is 2.64. The molecule has 0 amide bonds. The lowest BCUT2D eigenvalue weighted by atomic mass is 10.1. The molecule has 0 saturated heterocycles. The smallest absolute Gasteiger partial charge is 0.347 e. The van der Waals surface area contributed by atoms with E-state index in [9.17, 15) is 4.79 Å². The van der Waals surface area contributed by atoms with Crippen molar-refractivity contribution in [1.82, 2.24) is 9.78 Å². The van der Waals surface area contributed by atoms with Gasteiger partial charge in [-0.15, -0.1) is 0 Å². The number of aryl methyl sites for hydroxylation is 3. The summed E-state index contributed by atoms with van der Waals surface area (Å²) >= 11 is 0. The van der Waals surface area contributed by atoms with Gasteiger partial charge < -0.3 is 4.74 Å². The van der Waals surface area contributed by atoms with E-state index in [2.05, 4.69) is 5.10 Å². The Kier molecular flexibility index (Phi) is 3.19. The van der Waals surface area contributed by atoms with Crippen molar-refractivity contribution in [3.8, 4) is 5.75 Å². The maximum absolute atomic E-state index is 12.0. The first-order chi connectivity index (χ1) is 8.49. The molecule has 0 atom stereocenters. The van der Waals surface area contributed by atoms with Crippen LogP contribution in [-0.2, 0) is 7.05 Å². The second-order valence-corrected chi connectivity index (χ2v) is 4.43. The van der Waals surface area contributed by atoms with Gasteiger partial charge in [-0.05, 0) is 32.4 Å². The average molecular weight is 244 g/mol. The number of nitrogens with zero attached hydrogens (tertiary/aromatic N) is 2. The molecule has 0 radical (unpaired) electrons. The molecule has 1 aromatic heterocycles. The summed E-state index contributed by atoms with van der Waals surface area (Å²) in [6, 6.07) is 5.72. The summed E-state index contributed by atoms with van der Waals surface area (Å²) in [5.74, 6) is 0.224. The minimum absolute atomic E-state index is 0.368. The van der Waals surface area contributed by atoms with Crippen molar-refractivity contribution in [2.75, 3.05) is 0 Å². The van der Waals surface area contributed by atoms with Gasteiger partial charge >= 0.3 is 5.97 Å². The van der Waals surface area contributed by atoms with E-state index >= 15 is 0 Å². The predicted octanol–water partition coefficient (Wildman–Crippen LogP) is 2.56. The van der Waals surface area contributed by atoms with E-state index in [4.69, 9.17) is 4.74 Å². The number of ether oxygens (including phenoxy) is 1. The van der Waals surface area contributed by atoms with Gasteiger partial charge in [0.2, 0.25) is 0 Å². The molecule has 2 aromatic rings. The van der Waals surface area contributed by atoms with Gasteiger partial charge in [-0.1, -0.05) is 17.7 Å². The van der Waals surface area contributed by atoms with E-state index in [-0.39, 0.29) is 5.97 Å². The third-order valence-corrected chi connectivity index (χ3v) is 2.99. The first-order valence-corrected chi connectivity index (χ1v) is 5.77. The first-order valence-electron chi connectivity index (χ1n) is 5.77. The molecule has 4 heteroatoms. The molecule has 0 aliphatic heterocycles. The maximum Gasteiger partial charge on any atom is 0.347 e. The summed E-state index contributed by atoms with van der Waals surface area (Å²) in [6.07, 6.45) is 1.53. The lowest BCUT2D eigenvalue weighted by Crippen LogP contribution is -2.10. The third-order valence-electron chi connectivity index (χ3n) is 2.99. The van der Waals surface area contributed by atoms with Crippen LogP contribution in [0.3, 0.4) is 0 Å². The van der Waals surface area contributed by atoms with Crippen LogP contribution in [0.5, 0.6) is 5.75 Å². The minimum Gasteiger partial charge on any atom is -0.423 e. The highest BCUT2D eigenvalue weighted by atomic mass is 16.5. The van der Waals surface area contributed by atoms with Crippen molar-refractivity contribution in [3.63, 3.8) is 0 Å². The van der Waals surface area contributed by atoms with E-state index in [1.54, 1.807) is 11.7 Å². The Balaban J connectivity index is 2.24. The number of carbonyl (C=O) groups is 1.